The third-order valence-electron chi connectivity index (χ3n) is 5.09. The lowest BCUT2D eigenvalue weighted by atomic mass is 10.1. The van der Waals surface area contributed by atoms with E-state index in [0.717, 1.165) is 11.1 Å². The first kappa shape index (κ1) is 21.5. The second-order valence-corrected chi connectivity index (χ2v) is 7.77. The normalized spacial score (nSPS) is 12.4. The highest BCUT2D eigenvalue weighted by atomic mass is 35.5. The molecule has 0 spiro atoms. The first-order chi connectivity index (χ1) is 15.4. The Labute approximate surface area is 190 Å². The molecule has 0 aromatic heterocycles. The molecular formula is C25H21ClN2O4. The lowest BCUT2D eigenvalue weighted by Gasteiger charge is -2.13. The summed E-state index contributed by atoms with van der Waals surface area (Å²) < 4.78 is 10.7. The van der Waals surface area contributed by atoms with Gasteiger partial charge in [0.05, 0.1) is 10.7 Å². The third kappa shape index (κ3) is 4.76. The SMILES string of the molecule is Cc1ccc(C(=O)N/C(=C\c2ccc3c(c2)OCO3)C(=O)Nc2ccccc2Cl)cc1C. The molecule has 0 bridgehead atoms. The van der Waals surface area contributed by atoms with Crippen molar-refractivity contribution < 1.29 is 19.1 Å². The summed E-state index contributed by atoms with van der Waals surface area (Å²) in [7, 11) is 0. The highest BCUT2D eigenvalue weighted by molar-refractivity contribution is 6.34. The summed E-state index contributed by atoms with van der Waals surface area (Å²) in [4.78, 5) is 26.0. The predicted octanol–water partition coefficient (Wildman–Crippen LogP) is 5.10. The number of ether oxygens (including phenoxy) is 2. The fourth-order valence-electron chi connectivity index (χ4n) is 3.16. The summed E-state index contributed by atoms with van der Waals surface area (Å²) in [6, 6.07) is 17.5. The van der Waals surface area contributed by atoms with Gasteiger partial charge >= 0.3 is 0 Å². The van der Waals surface area contributed by atoms with E-state index in [2.05, 4.69) is 10.6 Å². The van der Waals surface area contributed by atoms with Crippen molar-refractivity contribution in [2.75, 3.05) is 12.1 Å². The molecule has 162 valence electrons. The minimum Gasteiger partial charge on any atom is -0.454 e. The van der Waals surface area contributed by atoms with Crippen LogP contribution >= 0.6 is 11.6 Å². The van der Waals surface area contributed by atoms with E-state index in [1.165, 1.54) is 0 Å². The fourth-order valence-corrected chi connectivity index (χ4v) is 3.34. The van der Waals surface area contributed by atoms with Gasteiger partial charge < -0.3 is 20.1 Å². The highest BCUT2D eigenvalue weighted by Crippen LogP contribution is 2.33. The van der Waals surface area contributed by atoms with Gasteiger partial charge in [-0.1, -0.05) is 35.9 Å². The number of benzene rings is 3. The molecule has 1 heterocycles. The van der Waals surface area contributed by atoms with Gasteiger partial charge in [0.2, 0.25) is 6.79 Å². The molecule has 0 radical (unpaired) electrons. The minimum atomic E-state index is -0.507. The number of aryl methyl sites for hydroxylation is 2. The molecule has 3 aromatic rings. The van der Waals surface area contributed by atoms with Crippen LogP contribution in [0.25, 0.3) is 6.08 Å². The smallest absolute Gasteiger partial charge is 0.272 e. The largest absolute Gasteiger partial charge is 0.454 e. The molecule has 0 unspecified atom stereocenters. The van der Waals surface area contributed by atoms with Gasteiger partial charge in [-0.3, -0.25) is 9.59 Å². The van der Waals surface area contributed by atoms with Crippen molar-refractivity contribution in [1.82, 2.24) is 5.32 Å². The molecule has 1 aliphatic rings. The number of carbonyl (C=O) groups is 2. The molecule has 6 nitrogen and oxygen atoms in total. The molecule has 4 rings (SSSR count). The monoisotopic (exact) mass is 448 g/mol. The molecule has 0 aliphatic carbocycles. The van der Waals surface area contributed by atoms with E-state index in [0.29, 0.717) is 33.3 Å². The van der Waals surface area contributed by atoms with Gasteiger partial charge in [0.15, 0.2) is 11.5 Å². The van der Waals surface area contributed by atoms with Crippen molar-refractivity contribution in [1.29, 1.82) is 0 Å². The van der Waals surface area contributed by atoms with E-state index in [4.69, 9.17) is 21.1 Å². The second-order valence-electron chi connectivity index (χ2n) is 7.36. The number of halogens is 1. The number of nitrogens with one attached hydrogen (secondary N) is 2. The van der Waals surface area contributed by atoms with Crippen LogP contribution in [-0.2, 0) is 4.79 Å². The lowest BCUT2D eigenvalue weighted by Crippen LogP contribution is -2.30. The van der Waals surface area contributed by atoms with E-state index < -0.39 is 11.8 Å². The van der Waals surface area contributed by atoms with Crippen LogP contribution in [0.4, 0.5) is 5.69 Å². The van der Waals surface area contributed by atoms with Gasteiger partial charge in [-0.05, 0) is 73.0 Å². The Kier molecular flexibility index (Phi) is 6.14. The van der Waals surface area contributed by atoms with Crippen molar-refractivity contribution in [3.63, 3.8) is 0 Å². The van der Waals surface area contributed by atoms with Crippen molar-refractivity contribution in [3.8, 4) is 11.5 Å². The number of amides is 2. The zero-order valence-corrected chi connectivity index (χ0v) is 18.3. The summed E-state index contributed by atoms with van der Waals surface area (Å²) in [5.41, 5.74) is 3.69. The van der Waals surface area contributed by atoms with Gasteiger partial charge in [-0.25, -0.2) is 0 Å². The molecule has 3 aromatic carbocycles. The van der Waals surface area contributed by atoms with Crippen LogP contribution in [0.15, 0.2) is 66.4 Å². The van der Waals surface area contributed by atoms with Gasteiger partial charge in [-0.2, -0.15) is 0 Å². The molecule has 0 saturated heterocycles. The zero-order chi connectivity index (χ0) is 22.7. The van der Waals surface area contributed by atoms with E-state index in [1.807, 2.05) is 19.9 Å². The maximum atomic E-state index is 13.1. The summed E-state index contributed by atoms with van der Waals surface area (Å²) >= 11 is 6.18. The molecule has 0 atom stereocenters. The average Bonchev–Trinajstić information content (AvgIpc) is 3.24. The Morgan fingerprint density at radius 3 is 2.50 bits per heavy atom. The molecule has 0 fully saturated rings. The van der Waals surface area contributed by atoms with Crippen molar-refractivity contribution >= 4 is 35.2 Å². The zero-order valence-electron chi connectivity index (χ0n) is 17.6. The van der Waals surface area contributed by atoms with E-state index in [1.54, 1.807) is 60.7 Å². The molecule has 2 amide bonds. The van der Waals surface area contributed by atoms with Crippen molar-refractivity contribution in [3.05, 3.63) is 93.6 Å². The van der Waals surface area contributed by atoms with Crippen LogP contribution in [-0.4, -0.2) is 18.6 Å². The van der Waals surface area contributed by atoms with Crippen LogP contribution in [0.5, 0.6) is 11.5 Å². The summed E-state index contributed by atoms with van der Waals surface area (Å²) in [5, 5.41) is 5.87. The Balaban J connectivity index is 1.65. The topological polar surface area (TPSA) is 76.7 Å². The van der Waals surface area contributed by atoms with Crippen LogP contribution < -0.4 is 20.1 Å². The standard InChI is InChI=1S/C25H21ClN2O4/c1-15-7-9-18(11-16(15)2)24(29)28-21(25(30)27-20-6-4-3-5-19(20)26)12-17-8-10-22-23(13-17)32-14-31-22/h3-13H,14H2,1-2H3,(H,27,30)(H,28,29)/b21-12-. The van der Waals surface area contributed by atoms with Crippen LogP contribution in [0, 0.1) is 13.8 Å². The lowest BCUT2D eigenvalue weighted by molar-refractivity contribution is -0.113. The quantitative estimate of drug-likeness (QED) is 0.533. The van der Waals surface area contributed by atoms with Gasteiger partial charge in [-0.15, -0.1) is 0 Å². The molecule has 0 saturated carbocycles. The van der Waals surface area contributed by atoms with Crippen LogP contribution in [0.2, 0.25) is 5.02 Å². The Bertz CT molecular complexity index is 1240. The summed E-state index contributed by atoms with van der Waals surface area (Å²) in [6.45, 7) is 4.05. The average molecular weight is 449 g/mol. The number of hydrogen-bond donors (Lipinski definition) is 2. The molecule has 32 heavy (non-hydrogen) atoms. The molecule has 1 aliphatic heterocycles. The third-order valence-corrected chi connectivity index (χ3v) is 5.42. The van der Waals surface area contributed by atoms with E-state index in [-0.39, 0.29) is 12.5 Å². The fraction of sp³-hybridized carbons (Fsp3) is 0.120. The minimum absolute atomic E-state index is 0.0620. The maximum Gasteiger partial charge on any atom is 0.272 e. The van der Waals surface area contributed by atoms with E-state index >= 15 is 0 Å². The van der Waals surface area contributed by atoms with Crippen LogP contribution in [0.1, 0.15) is 27.0 Å². The first-order valence-electron chi connectivity index (χ1n) is 9.96. The number of rotatable bonds is 5. The Hall–Kier alpha value is -3.77. The second kappa shape index (κ2) is 9.16. The van der Waals surface area contributed by atoms with Gasteiger partial charge in [0.25, 0.3) is 11.8 Å². The number of anilines is 1. The van der Waals surface area contributed by atoms with Crippen LogP contribution in [0.3, 0.4) is 0 Å². The molecule has 2 N–H and O–H groups in total. The summed E-state index contributed by atoms with van der Waals surface area (Å²) in [6.07, 6.45) is 1.58. The highest BCUT2D eigenvalue weighted by Gasteiger charge is 2.18. The first-order valence-corrected chi connectivity index (χ1v) is 10.3. The molecule has 7 heteroatoms. The van der Waals surface area contributed by atoms with Gasteiger partial charge in [0.1, 0.15) is 5.70 Å². The maximum absolute atomic E-state index is 13.1. The number of carbonyl (C=O) groups excluding carboxylic acids is 2. The van der Waals surface area contributed by atoms with Gasteiger partial charge in [0, 0.05) is 5.56 Å². The predicted molar refractivity (Wildman–Crippen MR) is 124 cm³/mol. The summed E-state index contributed by atoms with van der Waals surface area (Å²) in [5.74, 6) is 0.302. The Morgan fingerprint density at radius 2 is 1.72 bits per heavy atom. The Morgan fingerprint density at radius 1 is 0.938 bits per heavy atom. The number of fused-ring (bicyclic) bond motifs is 1. The van der Waals surface area contributed by atoms with E-state index in [9.17, 15) is 9.59 Å². The number of para-hydroxylation sites is 1. The number of hydrogen-bond acceptors (Lipinski definition) is 4. The van der Waals surface area contributed by atoms with Crippen molar-refractivity contribution in [2.24, 2.45) is 0 Å². The molecular weight excluding hydrogens is 428 g/mol. The van der Waals surface area contributed by atoms with Crippen molar-refractivity contribution in [2.45, 2.75) is 13.8 Å².